The van der Waals surface area contributed by atoms with Gasteiger partial charge in [0.2, 0.25) is 0 Å². The average Bonchev–Trinajstić information content (AvgIpc) is 3.20. The molecule has 0 spiro atoms. The lowest BCUT2D eigenvalue weighted by Gasteiger charge is -2.30. The molecule has 5 rings (SSSR count). The zero-order valence-corrected chi connectivity index (χ0v) is 20.2. The van der Waals surface area contributed by atoms with Crippen LogP contribution in [0.2, 0.25) is 0 Å². The number of aromatic nitrogens is 2. The topological polar surface area (TPSA) is 56.0 Å². The number of benzene rings is 2. The second-order valence-corrected chi connectivity index (χ2v) is 9.93. The summed E-state index contributed by atoms with van der Waals surface area (Å²) >= 11 is 3.59. The molecule has 2 aromatic carbocycles. The molecule has 2 aromatic heterocycles. The zero-order chi connectivity index (χ0) is 22.1. The van der Waals surface area contributed by atoms with Gasteiger partial charge in [-0.3, -0.25) is 0 Å². The number of rotatable bonds is 6. The zero-order valence-electron chi connectivity index (χ0n) is 18.7. The molecule has 32 heavy (non-hydrogen) atoms. The van der Waals surface area contributed by atoms with Crippen LogP contribution in [0.4, 0.5) is 11.5 Å². The molecule has 0 unspecified atom stereocenters. The molecule has 5 nitrogen and oxygen atoms in total. The number of para-hydroxylation sites is 1. The highest BCUT2D eigenvalue weighted by Gasteiger charge is 2.22. The summed E-state index contributed by atoms with van der Waals surface area (Å²) in [6.45, 7) is 0.900. The first-order chi connectivity index (χ1) is 15.6. The minimum Gasteiger partial charge on any atom is -0.377 e. The van der Waals surface area contributed by atoms with Crippen LogP contribution < -0.4 is 15.5 Å². The molecule has 2 heterocycles. The maximum atomic E-state index is 4.88. The van der Waals surface area contributed by atoms with Gasteiger partial charge in [0.25, 0.3) is 0 Å². The Morgan fingerprint density at radius 1 is 1.00 bits per heavy atom. The summed E-state index contributed by atoms with van der Waals surface area (Å²) in [4.78, 5) is 10.4. The predicted octanol–water partition coefficient (Wildman–Crippen LogP) is 6.06. The minimum atomic E-state index is 0.473. The van der Waals surface area contributed by atoms with Gasteiger partial charge in [-0.2, -0.15) is 0 Å². The van der Waals surface area contributed by atoms with Crippen LogP contribution >= 0.6 is 15.9 Å². The highest BCUT2D eigenvalue weighted by atomic mass is 79.9. The van der Waals surface area contributed by atoms with E-state index in [2.05, 4.69) is 105 Å². The van der Waals surface area contributed by atoms with Crippen molar-refractivity contribution in [2.75, 3.05) is 24.3 Å². The number of halogens is 1. The fraction of sp³-hybridized carbons (Fsp3) is 0.346. The third-order valence-corrected chi connectivity index (χ3v) is 7.06. The first-order valence-corrected chi connectivity index (χ1v) is 12.2. The van der Waals surface area contributed by atoms with E-state index in [-0.39, 0.29) is 0 Å². The number of aromatic amines is 1. The number of fused-ring (bicyclic) bond motifs is 2. The summed E-state index contributed by atoms with van der Waals surface area (Å²) in [6, 6.07) is 18.0. The van der Waals surface area contributed by atoms with E-state index in [1.807, 2.05) is 0 Å². The second kappa shape index (κ2) is 9.12. The van der Waals surface area contributed by atoms with Gasteiger partial charge in [-0.25, -0.2) is 4.98 Å². The Kier molecular flexibility index (Phi) is 6.07. The van der Waals surface area contributed by atoms with Gasteiger partial charge in [0, 0.05) is 71.4 Å². The van der Waals surface area contributed by atoms with Crippen molar-refractivity contribution in [3.8, 4) is 0 Å². The highest BCUT2D eigenvalue weighted by molar-refractivity contribution is 9.10. The number of nitrogens with one attached hydrogen (secondary N) is 3. The molecule has 1 aliphatic carbocycles. The summed E-state index contributed by atoms with van der Waals surface area (Å²) < 4.78 is 1.12. The second-order valence-electron chi connectivity index (χ2n) is 9.02. The summed E-state index contributed by atoms with van der Waals surface area (Å²) in [5.74, 6) is 0.980. The van der Waals surface area contributed by atoms with Crippen LogP contribution in [0.15, 0.2) is 59.2 Å². The van der Waals surface area contributed by atoms with Crippen molar-refractivity contribution in [3.05, 3.63) is 64.8 Å². The molecule has 0 amide bonds. The summed E-state index contributed by atoms with van der Waals surface area (Å²) in [5, 5.41) is 9.98. The third-order valence-electron chi connectivity index (χ3n) is 6.57. The Morgan fingerprint density at radius 3 is 2.59 bits per heavy atom. The number of H-pyrrole nitrogens is 1. The van der Waals surface area contributed by atoms with Crippen molar-refractivity contribution >= 4 is 49.2 Å². The lowest BCUT2D eigenvalue weighted by Crippen LogP contribution is -2.36. The SMILES string of the molecule is CN(C)c1cc(N[C@H]2CC[C@@H](NCc3c[nH]c4ccc(Br)cc34)CC2)nc2ccccc12. The molecule has 0 bridgehead atoms. The lowest BCUT2D eigenvalue weighted by atomic mass is 9.91. The molecule has 166 valence electrons. The maximum Gasteiger partial charge on any atom is 0.128 e. The van der Waals surface area contributed by atoms with Crippen molar-refractivity contribution in [1.82, 2.24) is 15.3 Å². The van der Waals surface area contributed by atoms with Gasteiger partial charge in [0.1, 0.15) is 5.82 Å². The van der Waals surface area contributed by atoms with Crippen LogP contribution in [0, 0.1) is 0 Å². The monoisotopic (exact) mass is 491 g/mol. The largest absolute Gasteiger partial charge is 0.377 e. The van der Waals surface area contributed by atoms with E-state index in [9.17, 15) is 0 Å². The molecule has 0 radical (unpaired) electrons. The van der Waals surface area contributed by atoms with Crippen molar-refractivity contribution in [2.45, 2.75) is 44.3 Å². The number of anilines is 2. The Hall–Kier alpha value is -2.57. The molecule has 0 atom stereocenters. The maximum absolute atomic E-state index is 4.88. The standard InChI is InChI=1S/C26H30BrN5/c1-32(2)25-14-26(31-24-6-4-3-5-21(24)25)30-20-10-8-19(9-11-20)28-15-17-16-29-23-12-7-18(27)13-22(17)23/h3-7,12-14,16,19-20,28-29H,8-11,15H2,1-2H3,(H,30,31)/t19-,20+. The highest BCUT2D eigenvalue weighted by Crippen LogP contribution is 2.29. The Morgan fingerprint density at radius 2 is 1.78 bits per heavy atom. The molecule has 1 saturated carbocycles. The molecule has 0 saturated heterocycles. The van der Waals surface area contributed by atoms with E-state index in [1.165, 1.54) is 40.4 Å². The van der Waals surface area contributed by atoms with E-state index in [4.69, 9.17) is 4.98 Å². The first kappa shape index (κ1) is 21.3. The van der Waals surface area contributed by atoms with Gasteiger partial charge in [0.15, 0.2) is 0 Å². The van der Waals surface area contributed by atoms with Gasteiger partial charge >= 0.3 is 0 Å². The third kappa shape index (κ3) is 4.48. The van der Waals surface area contributed by atoms with Crippen molar-refractivity contribution in [2.24, 2.45) is 0 Å². The van der Waals surface area contributed by atoms with Crippen LogP contribution in [0.1, 0.15) is 31.2 Å². The Labute approximate surface area is 197 Å². The molecule has 0 aliphatic heterocycles. The number of pyridine rings is 1. The Bertz CT molecular complexity index is 1220. The minimum absolute atomic E-state index is 0.473. The van der Waals surface area contributed by atoms with Crippen molar-refractivity contribution < 1.29 is 0 Å². The quantitative estimate of drug-likeness (QED) is 0.306. The molecule has 3 N–H and O–H groups in total. The lowest BCUT2D eigenvalue weighted by molar-refractivity contribution is 0.353. The van der Waals surface area contributed by atoms with Gasteiger partial charge in [0.05, 0.1) is 5.52 Å². The molecule has 1 fully saturated rings. The van der Waals surface area contributed by atoms with Gasteiger partial charge in [-0.1, -0.05) is 34.1 Å². The number of hydrogen-bond donors (Lipinski definition) is 3. The van der Waals surface area contributed by atoms with Crippen LogP contribution in [-0.4, -0.2) is 36.1 Å². The van der Waals surface area contributed by atoms with Gasteiger partial charge < -0.3 is 20.5 Å². The molecular weight excluding hydrogens is 462 g/mol. The van der Waals surface area contributed by atoms with E-state index in [0.29, 0.717) is 12.1 Å². The van der Waals surface area contributed by atoms with Crippen LogP contribution in [0.25, 0.3) is 21.8 Å². The first-order valence-electron chi connectivity index (χ1n) is 11.4. The van der Waals surface area contributed by atoms with E-state index < -0.39 is 0 Å². The number of hydrogen-bond acceptors (Lipinski definition) is 4. The smallest absolute Gasteiger partial charge is 0.128 e. The molecule has 4 aromatic rings. The van der Waals surface area contributed by atoms with E-state index in [1.54, 1.807) is 0 Å². The summed E-state index contributed by atoms with van der Waals surface area (Å²) in [7, 11) is 4.18. The summed E-state index contributed by atoms with van der Waals surface area (Å²) in [5.41, 5.74) is 4.77. The van der Waals surface area contributed by atoms with E-state index in [0.717, 1.165) is 35.2 Å². The molecular formula is C26H30BrN5. The fourth-order valence-corrected chi connectivity index (χ4v) is 5.16. The Balaban J connectivity index is 1.19. The van der Waals surface area contributed by atoms with Crippen molar-refractivity contribution in [1.29, 1.82) is 0 Å². The normalized spacial score (nSPS) is 18.8. The summed E-state index contributed by atoms with van der Waals surface area (Å²) in [6.07, 6.45) is 6.80. The van der Waals surface area contributed by atoms with Crippen LogP contribution in [-0.2, 0) is 6.54 Å². The van der Waals surface area contributed by atoms with Crippen molar-refractivity contribution in [3.63, 3.8) is 0 Å². The fourth-order valence-electron chi connectivity index (χ4n) is 4.80. The predicted molar refractivity (Wildman–Crippen MR) is 139 cm³/mol. The van der Waals surface area contributed by atoms with Gasteiger partial charge in [-0.05, 0) is 55.5 Å². The van der Waals surface area contributed by atoms with Crippen LogP contribution in [0.5, 0.6) is 0 Å². The molecule has 6 heteroatoms. The van der Waals surface area contributed by atoms with Gasteiger partial charge in [-0.15, -0.1) is 0 Å². The molecule has 1 aliphatic rings. The average molecular weight is 492 g/mol. The number of nitrogens with zero attached hydrogens (tertiary/aromatic N) is 2. The van der Waals surface area contributed by atoms with Crippen LogP contribution in [0.3, 0.4) is 0 Å². The van der Waals surface area contributed by atoms with E-state index >= 15 is 0 Å².